The highest BCUT2D eigenvalue weighted by Gasteiger charge is 2.44. The maximum Gasteiger partial charge on any atom is 0.282 e. The molecule has 2 aliphatic rings. The molecule has 3 aromatic heterocycles. The van der Waals surface area contributed by atoms with Crippen molar-refractivity contribution in [2.75, 3.05) is 36.4 Å². The molecule has 0 unspecified atom stereocenters. The SMILES string of the molecule is C=C(Nc1ccc(N2CC(F)(F)C2)nc1)c1n[nH]c2ccc(-c3cncc(CN4CCC(C)CC4)c3)cc12. The standard InChI is InChI=1S/C29H31F2N7/c1-19-7-9-37(10-8-19)16-21-11-23(14-32-13-21)22-3-5-26-25(12-22)28(36-35-26)20(2)34-24-4-6-27(33-15-24)38-17-29(30,31)18-38/h3-6,11-15,19,34H,2,7-10,16-18H2,1H3,(H,35,36). The average molecular weight is 516 g/mol. The lowest BCUT2D eigenvalue weighted by molar-refractivity contribution is -0.0266. The number of pyridine rings is 2. The number of likely N-dealkylation sites (tertiary alicyclic amines) is 1. The lowest BCUT2D eigenvalue weighted by Crippen LogP contribution is -2.56. The first-order valence-corrected chi connectivity index (χ1v) is 13.0. The van der Waals surface area contributed by atoms with Crippen LogP contribution in [0.2, 0.25) is 0 Å². The minimum Gasteiger partial charge on any atom is -0.353 e. The number of aromatic nitrogens is 4. The number of piperidine rings is 1. The summed E-state index contributed by atoms with van der Waals surface area (Å²) < 4.78 is 26.3. The van der Waals surface area contributed by atoms with E-state index < -0.39 is 5.92 Å². The number of H-pyrrole nitrogens is 1. The summed E-state index contributed by atoms with van der Waals surface area (Å²) in [5.74, 6) is -1.28. The number of aromatic amines is 1. The molecule has 0 saturated carbocycles. The first-order valence-electron chi connectivity index (χ1n) is 13.0. The number of anilines is 2. The van der Waals surface area contributed by atoms with Crippen LogP contribution in [0.1, 0.15) is 31.0 Å². The summed E-state index contributed by atoms with van der Waals surface area (Å²) in [6.07, 6.45) is 7.99. The predicted molar refractivity (Wildman–Crippen MR) is 147 cm³/mol. The van der Waals surface area contributed by atoms with Crippen LogP contribution in [0.5, 0.6) is 0 Å². The Morgan fingerprint density at radius 1 is 1.08 bits per heavy atom. The van der Waals surface area contributed by atoms with Crippen LogP contribution in [0.15, 0.2) is 61.6 Å². The summed E-state index contributed by atoms with van der Waals surface area (Å²) in [5.41, 5.74) is 6.29. The number of alkyl halides is 2. The second kappa shape index (κ2) is 9.79. The lowest BCUT2D eigenvalue weighted by Gasteiger charge is -2.39. The van der Waals surface area contributed by atoms with Gasteiger partial charge in [-0.15, -0.1) is 0 Å². The Bertz CT molecular complexity index is 1450. The molecule has 1 aromatic carbocycles. The summed E-state index contributed by atoms with van der Waals surface area (Å²) in [6.45, 7) is 9.11. The number of hydrogen-bond acceptors (Lipinski definition) is 6. The van der Waals surface area contributed by atoms with E-state index in [9.17, 15) is 8.78 Å². The molecule has 2 saturated heterocycles. The molecule has 6 rings (SSSR count). The molecule has 196 valence electrons. The van der Waals surface area contributed by atoms with Crippen molar-refractivity contribution >= 4 is 28.1 Å². The molecular weight excluding hydrogens is 484 g/mol. The van der Waals surface area contributed by atoms with Gasteiger partial charge in [0.15, 0.2) is 0 Å². The van der Waals surface area contributed by atoms with Gasteiger partial charge in [0.2, 0.25) is 0 Å². The first kappa shape index (κ1) is 24.5. The normalized spacial score (nSPS) is 17.9. The fourth-order valence-corrected chi connectivity index (χ4v) is 5.19. The van der Waals surface area contributed by atoms with E-state index in [2.05, 4.69) is 62.1 Å². The molecule has 0 atom stereocenters. The highest BCUT2D eigenvalue weighted by atomic mass is 19.3. The fraction of sp³-hybridized carbons (Fsp3) is 0.345. The molecule has 9 heteroatoms. The fourth-order valence-electron chi connectivity index (χ4n) is 5.19. The average Bonchev–Trinajstić information content (AvgIpc) is 3.33. The minimum absolute atomic E-state index is 0.295. The number of nitrogens with one attached hydrogen (secondary N) is 2. The van der Waals surface area contributed by atoms with E-state index in [1.807, 2.05) is 24.5 Å². The van der Waals surface area contributed by atoms with E-state index in [1.54, 1.807) is 17.2 Å². The molecule has 0 bridgehead atoms. The predicted octanol–water partition coefficient (Wildman–Crippen LogP) is 5.79. The molecule has 2 aliphatic heterocycles. The van der Waals surface area contributed by atoms with Gasteiger partial charge in [0.25, 0.3) is 5.92 Å². The molecule has 0 aliphatic carbocycles. The van der Waals surface area contributed by atoms with E-state index in [0.29, 0.717) is 22.9 Å². The molecule has 0 radical (unpaired) electrons. The van der Waals surface area contributed by atoms with Gasteiger partial charge in [0.1, 0.15) is 11.5 Å². The van der Waals surface area contributed by atoms with Gasteiger partial charge >= 0.3 is 0 Å². The number of benzene rings is 1. The number of nitrogens with zero attached hydrogens (tertiary/aromatic N) is 5. The molecular formula is C29H31F2N7. The second-order valence-electron chi connectivity index (χ2n) is 10.6. The topological polar surface area (TPSA) is 73.0 Å². The number of halogens is 2. The summed E-state index contributed by atoms with van der Waals surface area (Å²) in [6, 6.07) is 12.0. The van der Waals surface area contributed by atoms with Crippen molar-refractivity contribution < 1.29 is 8.78 Å². The van der Waals surface area contributed by atoms with Crippen molar-refractivity contribution in [3.8, 4) is 11.1 Å². The molecule has 4 aromatic rings. The van der Waals surface area contributed by atoms with Crippen LogP contribution in [0.3, 0.4) is 0 Å². The van der Waals surface area contributed by atoms with E-state index in [-0.39, 0.29) is 13.1 Å². The zero-order chi connectivity index (χ0) is 26.3. The highest BCUT2D eigenvalue weighted by Crippen LogP contribution is 2.32. The molecule has 5 heterocycles. The summed E-state index contributed by atoms with van der Waals surface area (Å²) in [7, 11) is 0. The van der Waals surface area contributed by atoms with E-state index in [1.165, 1.54) is 18.4 Å². The van der Waals surface area contributed by atoms with Crippen LogP contribution in [-0.2, 0) is 6.54 Å². The van der Waals surface area contributed by atoms with E-state index in [0.717, 1.165) is 47.6 Å². The van der Waals surface area contributed by atoms with Gasteiger partial charge in [-0.3, -0.25) is 15.0 Å². The molecule has 2 fully saturated rings. The number of fused-ring (bicyclic) bond motifs is 1. The largest absolute Gasteiger partial charge is 0.353 e. The van der Waals surface area contributed by atoms with Crippen LogP contribution in [-0.4, -0.2) is 57.2 Å². The van der Waals surface area contributed by atoms with Crippen LogP contribution < -0.4 is 10.2 Å². The van der Waals surface area contributed by atoms with E-state index >= 15 is 0 Å². The van der Waals surface area contributed by atoms with Crippen LogP contribution >= 0.6 is 0 Å². The van der Waals surface area contributed by atoms with Crippen molar-refractivity contribution in [3.63, 3.8) is 0 Å². The Balaban J connectivity index is 1.17. The second-order valence-corrected chi connectivity index (χ2v) is 10.6. The molecule has 7 nitrogen and oxygen atoms in total. The van der Waals surface area contributed by atoms with Gasteiger partial charge in [0.05, 0.1) is 36.2 Å². The highest BCUT2D eigenvalue weighted by molar-refractivity contribution is 5.95. The smallest absolute Gasteiger partial charge is 0.282 e. The number of rotatable bonds is 7. The third kappa shape index (κ3) is 5.11. The van der Waals surface area contributed by atoms with Crippen LogP contribution in [0.25, 0.3) is 27.7 Å². The third-order valence-electron chi connectivity index (χ3n) is 7.47. The van der Waals surface area contributed by atoms with Crippen molar-refractivity contribution in [1.29, 1.82) is 0 Å². The van der Waals surface area contributed by atoms with Crippen molar-refractivity contribution in [2.24, 2.45) is 5.92 Å². The number of hydrogen-bond donors (Lipinski definition) is 2. The van der Waals surface area contributed by atoms with Crippen molar-refractivity contribution in [3.05, 3.63) is 72.8 Å². The molecule has 2 N–H and O–H groups in total. The van der Waals surface area contributed by atoms with Crippen molar-refractivity contribution in [2.45, 2.75) is 32.2 Å². The molecule has 38 heavy (non-hydrogen) atoms. The first-order chi connectivity index (χ1) is 18.3. The maximum absolute atomic E-state index is 13.2. The summed E-state index contributed by atoms with van der Waals surface area (Å²) >= 11 is 0. The third-order valence-corrected chi connectivity index (χ3v) is 7.47. The van der Waals surface area contributed by atoms with Gasteiger partial charge in [-0.1, -0.05) is 19.6 Å². The Labute approximate surface area is 220 Å². The zero-order valence-corrected chi connectivity index (χ0v) is 21.4. The summed E-state index contributed by atoms with van der Waals surface area (Å²) in [5, 5.41) is 11.8. The monoisotopic (exact) mass is 515 g/mol. The van der Waals surface area contributed by atoms with Gasteiger partial charge in [-0.05, 0) is 73.3 Å². The Morgan fingerprint density at radius 3 is 2.63 bits per heavy atom. The van der Waals surface area contributed by atoms with Crippen LogP contribution in [0, 0.1) is 5.92 Å². The van der Waals surface area contributed by atoms with Gasteiger partial charge < -0.3 is 10.2 Å². The Kier molecular flexibility index (Phi) is 6.31. The summed E-state index contributed by atoms with van der Waals surface area (Å²) in [4.78, 5) is 12.9. The molecule has 0 amide bonds. The maximum atomic E-state index is 13.2. The zero-order valence-electron chi connectivity index (χ0n) is 21.4. The molecule has 0 spiro atoms. The Morgan fingerprint density at radius 2 is 1.89 bits per heavy atom. The minimum atomic E-state index is -2.63. The van der Waals surface area contributed by atoms with Crippen molar-refractivity contribution in [1.82, 2.24) is 25.1 Å². The quantitative estimate of drug-likeness (QED) is 0.325. The van der Waals surface area contributed by atoms with E-state index in [4.69, 9.17) is 0 Å². The van der Waals surface area contributed by atoms with Gasteiger partial charge in [-0.25, -0.2) is 13.8 Å². The van der Waals surface area contributed by atoms with Gasteiger partial charge in [0, 0.05) is 29.9 Å². The Hall–Kier alpha value is -3.85. The van der Waals surface area contributed by atoms with Gasteiger partial charge in [-0.2, -0.15) is 5.10 Å². The van der Waals surface area contributed by atoms with Crippen LogP contribution in [0.4, 0.5) is 20.3 Å². The lowest BCUT2D eigenvalue weighted by atomic mass is 9.98.